The summed E-state index contributed by atoms with van der Waals surface area (Å²) in [5.41, 5.74) is 14.8. The highest BCUT2D eigenvalue weighted by Gasteiger charge is 2.17. The van der Waals surface area contributed by atoms with E-state index < -0.39 is 0 Å². The normalized spacial score (nSPS) is 11.4. The first-order valence-electron chi connectivity index (χ1n) is 19.9. The molecule has 0 aliphatic carbocycles. The molecule has 0 amide bonds. The van der Waals surface area contributed by atoms with Gasteiger partial charge in [-0.05, 0) is 122 Å². The second-order valence-corrected chi connectivity index (χ2v) is 14.9. The van der Waals surface area contributed by atoms with E-state index in [-0.39, 0.29) is 0 Å². The lowest BCUT2D eigenvalue weighted by Gasteiger charge is -2.26. The fourth-order valence-corrected chi connectivity index (χ4v) is 8.42. The number of anilines is 3. The van der Waals surface area contributed by atoms with Crippen LogP contribution in [0.4, 0.5) is 17.1 Å². The van der Waals surface area contributed by atoms with Crippen molar-refractivity contribution in [2.45, 2.75) is 0 Å². The lowest BCUT2D eigenvalue weighted by Crippen LogP contribution is -2.10. The van der Waals surface area contributed by atoms with Crippen molar-refractivity contribution in [3.8, 4) is 44.6 Å². The maximum absolute atomic E-state index is 5.08. The van der Waals surface area contributed by atoms with Crippen molar-refractivity contribution in [1.29, 1.82) is 0 Å². The van der Waals surface area contributed by atoms with Crippen LogP contribution < -0.4 is 4.90 Å². The first-order valence-corrected chi connectivity index (χ1v) is 19.9. The fourth-order valence-electron chi connectivity index (χ4n) is 8.42. The number of para-hydroxylation sites is 1. The number of rotatable bonds is 7. The van der Waals surface area contributed by atoms with Crippen LogP contribution in [0.5, 0.6) is 0 Å². The summed E-state index contributed by atoms with van der Waals surface area (Å²) in [4.78, 5) is 16.7. The van der Waals surface area contributed by atoms with Crippen LogP contribution in [0.15, 0.2) is 219 Å². The number of pyridine rings is 3. The molecule has 59 heavy (non-hydrogen) atoms. The first kappa shape index (κ1) is 34.3. The number of hydrogen-bond acceptors (Lipinski definition) is 4. The monoisotopic (exact) mass is 752 g/mol. The maximum Gasteiger partial charge on any atom is 0.0965 e. The Kier molecular flexibility index (Phi) is 8.45. The molecule has 0 saturated carbocycles. The molecule has 0 radical (unpaired) electrons. The molecule has 4 nitrogen and oxygen atoms in total. The lowest BCUT2D eigenvalue weighted by molar-refractivity contribution is 1.28. The standard InChI is InChI=1S/C55H36N4/c1-3-10-37(11-4-1)41-23-29-47-42(34-41)17-18-43-35-46(28-30-48(43)47)59(44-24-19-39(20-25-44)49-31-33-56-52-15-8-7-14-50(49)52)45-26-21-40(22-27-45)54-36-51(38-12-5-2-6-13-38)55-53(58-54)16-9-32-57-55/h1-36H. The summed E-state index contributed by atoms with van der Waals surface area (Å²) in [7, 11) is 0. The van der Waals surface area contributed by atoms with E-state index in [2.05, 4.69) is 192 Å². The van der Waals surface area contributed by atoms with Crippen LogP contribution in [0.1, 0.15) is 0 Å². The van der Waals surface area contributed by atoms with E-state index in [0.29, 0.717) is 0 Å². The zero-order chi connectivity index (χ0) is 39.1. The summed E-state index contributed by atoms with van der Waals surface area (Å²) in [6, 6.07) is 73.3. The Morgan fingerprint density at radius 1 is 0.322 bits per heavy atom. The van der Waals surface area contributed by atoms with Crippen molar-refractivity contribution in [3.63, 3.8) is 0 Å². The third-order valence-electron chi connectivity index (χ3n) is 11.3. The minimum Gasteiger partial charge on any atom is -0.310 e. The highest BCUT2D eigenvalue weighted by molar-refractivity contribution is 6.09. The molecule has 0 aliphatic heterocycles. The van der Waals surface area contributed by atoms with Crippen molar-refractivity contribution < 1.29 is 0 Å². The van der Waals surface area contributed by atoms with Crippen LogP contribution in [0.3, 0.4) is 0 Å². The molecule has 3 heterocycles. The number of fused-ring (bicyclic) bond motifs is 5. The molecule has 11 rings (SSSR count). The molecule has 0 fully saturated rings. The van der Waals surface area contributed by atoms with Gasteiger partial charge in [-0.25, -0.2) is 4.98 Å². The van der Waals surface area contributed by atoms with Crippen LogP contribution >= 0.6 is 0 Å². The van der Waals surface area contributed by atoms with Gasteiger partial charge in [0.25, 0.3) is 0 Å². The fraction of sp³-hybridized carbons (Fsp3) is 0. The Labute approximate surface area is 342 Å². The molecular weight excluding hydrogens is 717 g/mol. The molecule has 0 atom stereocenters. The average molecular weight is 753 g/mol. The maximum atomic E-state index is 5.08. The molecule has 0 saturated heterocycles. The summed E-state index contributed by atoms with van der Waals surface area (Å²) in [6.07, 6.45) is 3.73. The molecule has 0 spiro atoms. The number of benzene rings is 8. The minimum atomic E-state index is 0.872. The summed E-state index contributed by atoms with van der Waals surface area (Å²) < 4.78 is 0. The predicted molar refractivity (Wildman–Crippen MR) is 246 cm³/mol. The van der Waals surface area contributed by atoms with Gasteiger partial charge in [0.2, 0.25) is 0 Å². The van der Waals surface area contributed by atoms with Gasteiger partial charge in [-0.15, -0.1) is 0 Å². The van der Waals surface area contributed by atoms with Gasteiger partial charge in [0.15, 0.2) is 0 Å². The van der Waals surface area contributed by atoms with Gasteiger partial charge in [-0.3, -0.25) is 9.97 Å². The number of nitrogens with zero attached hydrogens (tertiary/aromatic N) is 4. The molecule has 276 valence electrons. The van der Waals surface area contributed by atoms with Gasteiger partial charge in [-0.2, -0.15) is 0 Å². The van der Waals surface area contributed by atoms with Gasteiger partial charge in [0.05, 0.1) is 22.2 Å². The van der Waals surface area contributed by atoms with Crippen molar-refractivity contribution >= 4 is 60.5 Å². The van der Waals surface area contributed by atoms with Crippen LogP contribution in [-0.4, -0.2) is 15.0 Å². The quantitative estimate of drug-likeness (QED) is 0.152. The molecular formula is C55H36N4. The van der Waals surface area contributed by atoms with E-state index >= 15 is 0 Å². The first-order chi connectivity index (χ1) is 29.2. The Morgan fingerprint density at radius 3 is 1.68 bits per heavy atom. The Hall–Kier alpha value is -7.95. The Balaban J connectivity index is 1.01. The zero-order valence-electron chi connectivity index (χ0n) is 32.1. The largest absolute Gasteiger partial charge is 0.310 e. The van der Waals surface area contributed by atoms with Crippen molar-refractivity contribution in [2.75, 3.05) is 4.90 Å². The predicted octanol–water partition coefficient (Wildman–Crippen LogP) is 14.6. The van der Waals surface area contributed by atoms with Gasteiger partial charge in [-0.1, -0.05) is 133 Å². The molecule has 4 heteroatoms. The molecule has 0 N–H and O–H groups in total. The van der Waals surface area contributed by atoms with Crippen LogP contribution in [0.25, 0.3) is 88.1 Å². The Morgan fingerprint density at radius 2 is 0.915 bits per heavy atom. The zero-order valence-corrected chi connectivity index (χ0v) is 32.1. The van der Waals surface area contributed by atoms with E-state index in [9.17, 15) is 0 Å². The van der Waals surface area contributed by atoms with E-state index in [1.165, 1.54) is 38.2 Å². The van der Waals surface area contributed by atoms with Gasteiger partial charge < -0.3 is 4.90 Å². The Bertz CT molecular complexity index is 3300. The molecule has 0 bridgehead atoms. The average Bonchev–Trinajstić information content (AvgIpc) is 3.32. The highest BCUT2D eigenvalue weighted by Crippen LogP contribution is 2.40. The van der Waals surface area contributed by atoms with Crippen molar-refractivity contribution in [2.24, 2.45) is 0 Å². The van der Waals surface area contributed by atoms with Gasteiger partial charge in [0.1, 0.15) is 0 Å². The van der Waals surface area contributed by atoms with Crippen LogP contribution in [0.2, 0.25) is 0 Å². The summed E-state index contributed by atoms with van der Waals surface area (Å²) in [5, 5.41) is 6.03. The third-order valence-corrected chi connectivity index (χ3v) is 11.3. The molecule has 11 aromatic rings. The van der Waals surface area contributed by atoms with Gasteiger partial charge in [0, 0.05) is 46.0 Å². The van der Waals surface area contributed by atoms with E-state index in [0.717, 1.165) is 66.9 Å². The second kappa shape index (κ2) is 14.5. The van der Waals surface area contributed by atoms with E-state index in [1.807, 2.05) is 36.7 Å². The lowest BCUT2D eigenvalue weighted by atomic mass is 9.97. The van der Waals surface area contributed by atoms with E-state index in [4.69, 9.17) is 9.97 Å². The highest BCUT2D eigenvalue weighted by atomic mass is 15.1. The summed E-state index contributed by atoms with van der Waals surface area (Å²) >= 11 is 0. The number of hydrogen-bond donors (Lipinski definition) is 0. The number of aromatic nitrogens is 3. The molecule has 8 aromatic carbocycles. The molecule has 0 aliphatic rings. The van der Waals surface area contributed by atoms with Crippen LogP contribution in [-0.2, 0) is 0 Å². The smallest absolute Gasteiger partial charge is 0.0965 e. The van der Waals surface area contributed by atoms with Crippen LogP contribution in [0, 0.1) is 0 Å². The van der Waals surface area contributed by atoms with Crippen molar-refractivity contribution in [3.05, 3.63) is 219 Å². The van der Waals surface area contributed by atoms with Gasteiger partial charge >= 0.3 is 0 Å². The second-order valence-electron chi connectivity index (χ2n) is 14.9. The molecule has 0 unspecified atom stereocenters. The third kappa shape index (κ3) is 6.34. The SMILES string of the molecule is c1ccc(-c2ccc3c(ccc4cc(N(c5ccc(-c6cc(-c7ccccc7)c7ncccc7n6)cc5)c5ccc(-c6ccnc7ccccc67)cc5)ccc43)c2)cc1. The minimum absolute atomic E-state index is 0.872. The van der Waals surface area contributed by atoms with E-state index in [1.54, 1.807) is 0 Å². The molecule has 3 aromatic heterocycles. The topological polar surface area (TPSA) is 41.9 Å². The summed E-state index contributed by atoms with van der Waals surface area (Å²) in [6.45, 7) is 0. The summed E-state index contributed by atoms with van der Waals surface area (Å²) in [5.74, 6) is 0. The van der Waals surface area contributed by atoms with Crippen molar-refractivity contribution in [1.82, 2.24) is 15.0 Å².